The molecule has 9 atom stereocenters. The van der Waals surface area contributed by atoms with E-state index in [-0.39, 0.29) is 23.2 Å². The summed E-state index contributed by atoms with van der Waals surface area (Å²) in [6.07, 6.45) is 16.2. The number of rotatable bonds is 8. The van der Waals surface area contributed by atoms with Gasteiger partial charge in [-0.2, -0.15) is 5.23 Å². The van der Waals surface area contributed by atoms with E-state index in [2.05, 4.69) is 40.7 Å². The van der Waals surface area contributed by atoms with E-state index in [1.807, 2.05) is 0 Å². The first-order valence-electron chi connectivity index (χ1n) is 15.8. The molecule has 0 aliphatic heterocycles. The fourth-order valence-corrected chi connectivity index (χ4v) is 9.72. The lowest BCUT2D eigenvalue weighted by molar-refractivity contribution is -0.991. The van der Waals surface area contributed by atoms with Crippen molar-refractivity contribution in [2.75, 3.05) is 0 Å². The van der Waals surface area contributed by atoms with Gasteiger partial charge in [0, 0.05) is 18.6 Å². The summed E-state index contributed by atoms with van der Waals surface area (Å²) >= 11 is 0. The van der Waals surface area contributed by atoms with Crippen LogP contribution in [0.3, 0.4) is 0 Å². The third-order valence-corrected chi connectivity index (χ3v) is 11.9. The minimum absolute atomic E-state index is 0.0936. The molecule has 1 unspecified atom stereocenters. The molecule has 39 heavy (non-hydrogen) atoms. The van der Waals surface area contributed by atoms with E-state index in [1.54, 1.807) is 12.1 Å². The van der Waals surface area contributed by atoms with Gasteiger partial charge in [-0.05, 0) is 103 Å². The lowest BCUT2D eigenvalue weighted by atomic mass is 9.47. The highest BCUT2D eigenvalue weighted by Crippen LogP contribution is 2.67. The van der Waals surface area contributed by atoms with Crippen molar-refractivity contribution in [3.63, 3.8) is 0 Å². The van der Waals surface area contributed by atoms with Gasteiger partial charge in [-0.25, -0.2) is 10.0 Å². The molecule has 5 heteroatoms. The maximum absolute atomic E-state index is 12.8. The van der Waals surface area contributed by atoms with Gasteiger partial charge >= 0.3 is 5.97 Å². The van der Waals surface area contributed by atoms with Crippen LogP contribution in [0.15, 0.2) is 35.9 Å². The Morgan fingerprint density at radius 3 is 2.49 bits per heavy atom. The highest BCUT2D eigenvalue weighted by Gasteiger charge is 2.59. The Bertz CT molecular complexity index is 1050. The average molecular weight is 538 g/mol. The predicted octanol–water partition coefficient (Wildman–Crippen LogP) is 7.66. The minimum Gasteiger partial charge on any atom is -0.595 e. The van der Waals surface area contributed by atoms with E-state index in [0.29, 0.717) is 11.0 Å². The van der Waals surface area contributed by atoms with Crippen molar-refractivity contribution in [3.8, 4) is 0 Å². The summed E-state index contributed by atoms with van der Waals surface area (Å²) in [5.41, 5.74) is 2.86. The smallest absolute Gasteiger partial charge is 0.338 e. The largest absolute Gasteiger partial charge is 0.595 e. The van der Waals surface area contributed by atoms with Crippen LogP contribution in [0.25, 0.3) is 0 Å². The van der Waals surface area contributed by atoms with Crippen LogP contribution in [0.5, 0.6) is 0 Å². The number of carbonyl (C=O) groups excluding carboxylic acids is 1. The SMILES string of the molecule is CC(C)CCC[C@@H](C)[C@@H]1CC[C@@H]2[C@H]3CC=C4C[C@@H](OC(=O)c5ccc([NH+]([O-])O)cc5)CC[C@]4(C)[C@H]3CC[C@@]21C. The number of allylic oxidation sites excluding steroid dienone is 1. The maximum atomic E-state index is 12.8. The molecule has 0 heterocycles. The second kappa shape index (κ2) is 11.3. The van der Waals surface area contributed by atoms with Crippen molar-refractivity contribution in [2.45, 2.75) is 111 Å². The van der Waals surface area contributed by atoms with Crippen LogP contribution in [0.2, 0.25) is 0 Å². The molecule has 0 bridgehead atoms. The van der Waals surface area contributed by atoms with E-state index in [1.165, 1.54) is 69.1 Å². The van der Waals surface area contributed by atoms with Gasteiger partial charge in [0.1, 0.15) is 6.10 Å². The number of fused-ring (bicyclic) bond motifs is 5. The molecule has 1 aromatic rings. The Labute approximate surface area is 235 Å². The quantitative estimate of drug-likeness (QED) is 0.203. The Hall–Kier alpha value is -1.69. The summed E-state index contributed by atoms with van der Waals surface area (Å²) in [6, 6.07) is 6.06. The zero-order valence-electron chi connectivity index (χ0n) is 24.9. The van der Waals surface area contributed by atoms with Crippen LogP contribution in [-0.2, 0) is 4.74 Å². The minimum atomic E-state index is -0.990. The van der Waals surface area contributed by atoms with Crippen molar-refractivity contribution in [1.82, 2.24) is 0 Å². The molecule has 0 amide bonds. The number of quaternary nitrogens is 1. The monoisotopic (exact) mass is 537 g/mol. The number of nitrogens with one attached hydrogen (secondary N) is 1. The Morgan fingerprint density at radius 2 is 1.79 bits per heavy atom. The average Bonchev–Trinajstić information content (AvgIpc) is 3.26. The molecular weight excluding hydrogens is 486 g/mol. The second-order valence-electron chi connectivity index (χ2n) is 14.4. The molecule has 0 spiro atoms. The summed E-state index contributed by atoms with van der Waals surface area (Å²) in [5.74, 6) is 4.60. The first kappa shape index (κ1) is 28.8. The van der Waals surface area contributed by atoms with Gasteiger partial charge in [0.25, 0.3) is 0 Å². The van der Waals surface area contributed by atoms with E-state index in [4.69, 9.17) is 9.94 Å². The molecule has 5 rings (SSSR count). The van der Waals surface area contributed by atoms with Crippen molar-refractivity contribution in [2.24, 2.45) is 46.3 Å². The molecule has 0 radical (unpaired) electrons. The van der Waals surface area contributed by atoms with Crippen molar-refractivity contribution < 1.29 is 20.0 Å². The lowest BCUT2D eigenvalue weighted by Crippen LogP contribution is -2.99. The number of carbonyl (C=O) groups is 1. The first-order valence-corrected chi connectivity index (χ1v) is 15.8. The first-order chi connectivity index (χ1) is 18.5. The standard InChI is InChI=1S/C34H51NO4/c1-22(2)7-6-8-23(3)29-15-16-30-28-14-11-25-21-27(17-19-33(25,4)31(28)18-20-34(29,30)5)39-32(36)24-9-12-26(13-10-24)35(37)38/h9-13,22-23,27-31,35,37H,6-8,14-21H2,1-5H3/t23-,27+,28-,29+,30-,31+,33+,34-/m1/s1. The van der Waals surface area contributed by atoms with Gasteiger partial charge in [0.05, 0.1) is 5.56 Å². The maximum Gasteiger partial charge on any atom is 0.338 e. The van der Waals surface area contributed by atoms with Gasteiger partial charge in [0.2, 0.25) is 0 Å². The Kier molecular flexibility index (Phi) is 8.35. The van der Waals surface area contributed by atoms with Crippen LogP contribution in [0, 0.1) is 51.5 Å². The highest BCUT2D eigenvalue weighted by atomic mass is 16.8. The number of esters is 1. The molecule has 216 valence electrons. The number of hydrogen-bond donors (Lipinski definition) is 2. The zero-order valence-corrected chi connectivity index (χ0v) is 24.9. The fourth-order valence-electron chi connectivity index (χ4n) is 9.72. The molecule has 3 fully saturated rings. The van der Waals surface area contributed by atoms with Crippen molar-refractivity contribution in [1.29, 1.82) is 0 Å². The van der Waals surface area contributed by atoms with Crippen LogP contribution in [0.4, 0.5) is 5.69 Å². The highest BCUT2D eigenvalue weighted by molar-refractivity contribution is 5.89. The van der Waals surface area contributed by atoms with Gasteiger partial charge in [0.15, 0.2) is 5.69 Å². The summed E-state index contributed by atoms with van der Waals surface area (Å²) < 4.78 is 5.95. The van der Waals surface area contributed by atoms with Gasteiger partial charge in [-0.15, -0.1) is 0 Å². The predicted molar refractivity (Wildman–Crippen MR) is 154 cm³/mol. The van der Waals surface area contributed by atoms with E-state index in [0.717, 1.165) is 54.8 Å². The van der Waals surface area contributed by atoms with Crippen LogP contribution in [0.1, 0.15) is 116 Å². The molecule has 0 aromatic heterocycles. The fraction of sp³-hybridized carbons (Fsp3) is 0.735. The molecule has 0 saturated heterocycles. The summed E-state index contributed by atoms with van der Waals surface area (Å²) in [6.45, 7) is 12.4. The molecule has 5 nitrogen and oxygen atoms in total. The molecular formula is C34H51NO4. The summed E-state index contributed by atoms with van der Waals surface area (Å²) in [7, 11) is 0. The van der Waals surface area contributed by atoms with E-state index in [9.17, 15) is 10.0 Å². The number of hydrogen-bond acceptors (Lipinski definition) is 4. The van der Waals surface area contributed by atoms with Gasteiger partial charge < -0.3 is 9.94 Å². The normalized spacial score (nSPS) is 37.3. The molecule has 4 aliphatic carbocycles. The third-order valence-electron chi connectivity index (χ3n) is 11.9. The topological polar surface area (TPSA) is 74.0 Å². The van der Waals surface area contributed by atoms with E-state index >= 15 is 0 Å². The summed E-state index contributed by atoms with van der Waals surface area (Å²) in [4.78, 5) is 12.8. The molecule has 2 N–H and O–H groups in total. The summed E-state index contributed by atoms with van der Waals surface area (Å²) in [5, 5.41) is 19.3. The zero-order chi connectivity index (χ0) is 27.9. The number of benzene rings is 1. The molecule has 1 aromatic carbocycles. The van der Waals surface area contributed by atoms with Crippen molar-refractivity contribution in [3.05, 3.63) is 46.7 Å². The second-order valence-corrected chi connectivity index (χ2v) is 14.4. The van der Waals surface area contributed by atoms with Crippen LogP contribution >= 0.6 is 0 Å². The molecule has 3 saturated carbocycles. The third kappa shape index (κ3) is 5.48. The number of ether oxygens (including phenoxy) is 1. The molecule has 4 aliphatic rings. The van der Waals surface area contributed by atoms with Gasteiger partial charge in [-0.1, -0.05) is 65.5 Å². The Balaban J connectivity index is 1.23. The van der Waals surface area contributed by atoms with E-state index < -0.39 is 5.23 Å². The lowest BCUT2D eigenvalue weighted by Gasteiger charge is -2.58. The van der Waals surface area contributed by atoms with Gasteiger partial charge in [-0.3, -0.25) is 0 Å². The van der Waals surface area contributed by atoms with Crippen LogP contribution < -0.4 is 5.23 Å². The van der Waals surface area contributed by atoms with Crippen molar-refractivity contribution >= 4 is 11.7 Å². The van der Waals surface area contributed by atoms with Crippen LogP contribution in [-0.4, -0.2) is 17.3 Å². The Morgan fingerprint density at radius 1 is 1.05 bits per heavy atom.